The zero-order valence-corrected chi connectivity index (χ0v) is 17.5. The number of para-hydroxylation sites is 1. The zero-order valence-electron chi connectivity index (χ0n) is 16.6. The summed E-state index contributed by atoms with van der Waals surface area (Å²) in [4.78, 5) is 43.0. The van der Waals surface area contributed by atoms with Gasteiger partial charge in [-0.25, -0.2) is 4.98 Å². The molecule has 0 aliphatic heterocycles. The maximum atomic E-state index is 12.7. The highest BCUT2D eigenvalue weighted by Crippen LogP contribution is 2.25. The summed E-state index contributed by atoms with van der Waals surface area (Å²) in [6.07, 6.45) is 3.33. The number of hydrogen-bond acceptors (Lipinski definition) is 5. The van der Waals surface area contributed by atoms with Crippen LogP contribution >= 0.6 is 11.3 Å². The van der Waals surface area contributed by atoms with E-state index in [1.807, 2.05) is 54.9 Å². The molecule has 30 heavy (non-hydrogen) atoms. The van der Waals surface area contributed by atoms with Crippen molar-refractivity contribution in [2.24, 2.45) is 0 Å². The van der Waals surface area contributed by atoms with Crippen molar-refractivity contribution in [2.45, 2.75) is 33.4 Å². The van der Waals surface area contributed by atoms with Gasteiger partial charge in [0.25, 0.3) is 11.5 Å². The Balaban J connectivity index is 1.32. The molecular formula is C21H21N5O3S. The summed E-state index contributed by atoms with van der Waals surface area (Å²) in [6.45, 7) is 4.13. The Morgan fingerprint density at radius 3 is 2.67 bits per heavy atom. The number of amides is 2. The summed E-state index contributed by atoms with van der Waals surface area (Å²) in [5.74, 6) is -0.722. The molecule has 0 aliphatic rings. The zero-order chi connectivity index (χ0) is 21.3. The first-order chi connectivity index (χ1) is 14.4. The Morgan fingerprint density at radius 1 is 1.07 bits per heavy atom. The maximum absolute atomic E-state index is 12.7. The average Bonchev–Trinajstić information content (AvgIpc) is 3.27. The van der Waals surface area contributed by atoms with Gasteiger partial charge in [-0.2, -0.15) is 0 Å². The number of benzene rings is 1. The van der Waals surface area contributed by atoms with Crippen LogP contribution in [0.25, 0.3) is 21.1 Å². The predicted molar refractivity (Wildman–Crippen MR) is 116 cm³/mol. The minimum absolute atomic E-state index is 0.0436. The number of fused-ring (bicyclic) bond motifs is 2. The molecule has 0 fully saturated rings. The number of rotatable bonds is 5. The highest BCUT2D eigenvalue weighted by Gasteiger charge is 2.13. The molecule has 0 bridgehead atoms. The lowest BCUT2D eigenvalue weighted by Gasteiger charge is -2.10. The summed E-state index contributed by atoms with van der Waals surface area (Å²) in [6, 6.07) is 9.68. The van der Waals surface area contributed by atoms with E-state index in [-0.39, 0.29) is 36.9 Å². The van der Waals surface area contributed by atoms with Gasteiger partial charge in [0.1, 0.15) is 11.4 Å². The number of aromatic nitrogens is 3. The molecule has 0 atom stereocenters. The molecule has 4 rings (SSSR count). The second kappa shape index (κ2) is 8.11. The Labute approximate surface area is 176 Å². The van der Waals surface area contributed by atoms with E-state index in [9.17, 15) is 14.4 Å². The fraction of sp³-hybridized carbons (Fsp3) is 0.238. The van der Waals surface area contributed by atoms with Gasteiger partial charge in [-0.05, 0) is 36.9 Å². The Morgan fingerprint density at radius 2 is 1.83 bits per heavy atom. The molecule has 2 N–H and O–H groups in total. The van der Waals surface area contributed by atoms with Crippen molar-refractivity contribution in [3.8, 4) is 0 Å². The van der Waals surface area contributed by atoms with E-state index < -0.39 is 0 Å². The number of hydrazine groups is 1. The average molecular weight is 423 g/mol. The van der Waals surface area contributed by atoms with Crippen LogP contribution in [-0.2, 0) is 22.7 Å². The fourth-order valence-corrected chi connectivity index (χ4v) is 4.31. The lowest BCUT2D eigenvalue weighted by molar-refractivity contribution is -0.129. The Kier molecular flexibility index (Phi) is 5.37. The molecule has 0 aliphatic carbocycles. The molecule has 3 heterocycles. The molecule has 1 aromatic carbocycles. The molecule has 0 radical (unpaired) electrons. The van der Waals surface area contributed by atoms with Crippen LogP contribution in [0.4, 0.5) is 0 Å². The van der Waals surface area contributed by atoms with Crippen LogP contribution in [0.5, 0.6) is 0 Å². The molecule has 0 saturated carbocycles. The van der Waals surface area contributed by atoms with E-state index in [0.717, 1.165) is 21.3 Å². The fourth-order valence-electron chi connectivity index (χ4n) is 3.33. The van der Waals surface area contributed by atoms with E-state index in [1.165, 1.54) is 22.2 Å². The minimum Gasteiger partial charge on any atom is -0.338 e. The third-order valence-electron chi connectivity index (χ3n) is 5.07. The van der Waals surface area contributed by atoms with Gasteiger partial charge in [0.05, 0.1) is 11.7 Å². The standard InChI is InChI=1S/C21H21N5O3S/c1-13-14(2)30-20-19(13)21(29)26(12-22-20)10-8-17(27)23-24-18(28)11-25-9-7-15-5-3-4-6-16(15)25/h3-7,9,12H,8,10-11H2,1-2H3,(H,23,27)(H,24,28). The largest absolute Gasteiger partial charge is 0.338 e. The first kappa shape index (κ1) is 19.8. The minimum atomic E-state index is -0.383. The van der Waals surface area contributed by atoms with Crippen LogP contribution in [0.2, 0.25) is 0 Å². The van der Waals surface area contributed by atoms with E-state index in [4.69, 9.17) is 0 Å². The van der Waals surface area contributed by atoms with Crippen molar-refractivity contribution >= 4 is 44.3 Å². The van der Waals surface area contributed by atoms with Crippen LogP contribution < -0.4 is 16.4 Å². The lowest BCUT2D eigenvalue weighted by Crippen LogP contribution is -2.43. The molecule has 8 nitrogen and oxygen atoms in total. The van der Waals surface area contributed by atoms with Crippen LogP contribution in [0.1, 0.15) is 16.9 Å². The summed E-state index contributed by atoms with van der Waals surface area (Å²) in [7, 11) is 0. The quantitative estimate of drug-likeness (QED) is 0.481. The van der Waals surface area contributed by atoms with Crippen molar-refractivity contribution in [2.75, 3.05) is 0 Å². The van der Waals surface area contributed by atoms with Crippen LogP contribution in [0.3, 0.4) is 0 Å². The number of carbonyl (C=O) groups is 2. The van der Waals surface area contributed by atoms with Gasteiger partial charge in [-0.15, -0.1) is 11.3 Å². The van der Waals surface area contributed by atoms with Gasteiger partial charge in [-0.1, -0.05) is 18.2 Å². The maximum Gasteiger partial charge on any atom is 0.262 e. The second-order valence-corrected chi connectivity index (χ2v) is 8.26. The number of nitrogens with zero attached hydrogens (tertiary/aromatic N) is 3. The Hall–Kier alpha value is -3.46. The topological polar surface area (TPSA) is 98.0 Å². The SMILES string of the molecule is Cc1sc2ncn(CCC(=O)NNC(=O)Cn3ccc4ccccc43)c(=O)c2c1C. The number of aryl methyl sites for hydroxylation is 3. The normalized spacial score (nSPS) is 11.1. The summed E-state index contributed by atoms with van der Waals surface area (Å²) < 4.78 is 3.23. The summed E-state index contributed by atoms with van der Waals surface area (Å²) in [5, 5.41) is 1.65. The van der Waals surface area contributed by atoms with Gasteiger partial charge in [0, 0.05) is 29.6 Å². The molecule has 0 spiro atoms. The van der Waals surface area contributed by atoms with Gasteiger partial charge in [-0.3, -0.25) is 29.8 Å². The van der Waals surface area contributed by atoms with Crippen molar-refractivity contribution in [1.29, 1.82) is 0 Å². The van der Waals surface area contributed by atoms with Crippen molar-refractivity contribution < 1.29 is 9.59 Å². The van der Waals surface area contributed by atoms with Crippen molar-refractivity contribution in [1.82, 2.24) is 25.0 Å². The third kappa shape index (κ3) is 3.84. The second-order valence-electron chi connectivity index (χ2n) is 7.06. The molecule has 4 aromatic rings. The van der Waals surface area contributed by atoms with Gasteiger partial charge < -0.3 is 4.57 Å². The number of thiophene rings is 1. The Bertz CT molecular complexity index is 1320. The highest BCUT2D eigenvalue weighted by atomic mass is 32.1. The third-order valence-corrected chi connectivity index (χ3v) is 6.19. The van der Waals surface area contributed by atoms with Gasteiger partial charge in [0.15, 0.2) is 0 Å². The van der Waals surface area contributed by atoms with Crippen molar-refractivity contribution in [3.63, 3.8) is 0 Å². The molecule has 9 heteroatoms. The van der Waals surface area contributed by atoms with E-state index in [2.05, 4.69) is 15.8 Å². The van der Waals surface area contributed by atoms with E-state index in [0.29, 0.717) is 10.2 Å². The number of hydrogen-bond donors (Lipinski definition) is 2. The van der Waals surface area contributed by atoms with Crippen LogP contribution in [0, 0.1) is 13.8 Å². The molecule has 2 amide bonds. The number of carbonyl (C=O) groups excluding carboxylic acids is 2. The van der Waals surface area contributed by atoms with Crippen LogP contribution in [-0.4, -0.2) is 25.9 Å². The van der Waals surface area contributed by atoms with Gasteiger partial charge >= 0.3 is 0 Å². The number of nitrogens with one attached hydrogen (secondary N) is 2. The molecule has 0 unspecified atom stereocenters. The summed E-state index contributed by atoms with van der Waals surface area (Å²) in [5.41, 5.74) is 6.53. The lowest BCUT2D eigenvalue weighted by atomic mass is 10.2. The molecular weight excluding hydrogens is 402 g/mol. The molecule has 3 aromatic heterocycles. The highest BCUT2D eigenvalue weighted by molar-refractivity contribution is 7.18. The van der Waals surface area contributed by atoms with Crippen molar-refractivity contribution in [3.05, 3.63) is 63.7 Å². The smallest absolute Gasteiger partial charge is 0.262 e. The van der Waals surface area contributed by atoms with E-state index >= 15 is 0 Å². The summed E-state index contributed by atoms with van der Waals surface area (Å²) >= 11 is 1.49. The van der Waals surface area contributed by atoms with Gasteiger partial charge in [0.2, 0.25) is 5.91 Å². The van der Waals surface area contributed by atoms with Crippen LogP contribution in [0.15, 0.2) is 47.7 Å². The first-order valence-electron chi connectivity index (χ1n) is 9.50. The predicted octanol–water partition coefficient (Wildman–Crippen LogP) is 2.27. The first-order valence-corrected chi connectivity index (χ1v) is 10.3. The molecule has 154 valence electrons. The van der Waals surface area contributed by atoms with E-state index in [1.54, 1.807) is 0 Å². The monoisotopic (exact) mass is 423 g/mol. The molecule has 0 saturated heterocycles.